The maximum Gasteiger partial charge on any atom is 0.240 e. The predicted octanol–water partition coefficient (Wildman–Crippen LogP) is 3.04. The number of anilines is 2. The van der Waals surface area contributed by atoms with Gasteiger partial charge in [-0.25, -0.2) is 15.0 Å². The Labute approximate surface area is 198 Å². The predicted molar refractivity (Wildman–Crippen MR) is 126 cm³/mol. The molecule has 0 bridgehead atoms. The van der Waals surface area contributed by atoms with Crippen LogP contribution in [0.15, 0.2) is 41.8 Å². The van der Waals surface area contributed by atoms with E-state index >= 15 is 0 Å². The average Bonchev–Trinajstić information content (AvgIpc) is 3.31. The summed E-state index contributed by atoms with van der Waals surface area (Å²) < 4.78 is 16.3. The van der Waals surface area contributed by atoms with Gasteiger partial charge in [0, 0.05) is 18.3 Å². The molecule has 1 amide bonds. The van der Waals surface area contributed by atoms with Gasteiger partial charge in [-0.3, -0.25) is 10.1 Å². The molecule has 4 N–H and O–H groups in total. The van der Waals surface area contributed by atoms with Crippen molar-refractivity contribution < 1.29 is 19.0 Å². The van der Waals surface area contributed by atoms with Crippen molar-refractivity contribution in [2.75, 3.05) is 25.3 Å². The van der Waals surface area contributed by atoms with Crippen molar-refractivity contribution >= 4 is 40.7 Å². The fourth-order valence-corrected chi connectivity index (χ4v) is 4.03. The highest BCUT2D eigenvalue weighted by Crippen LogP contribution is 2.33. The summed E-state index contributed by atoms with van der Waals surface area (Å²) in [6.07, 6.45) is 3.52. The molecule has 0 spiro atoms. The zero-order valence-corrected chi connectivity index (χ0v) is 19.4. The highest BCUT2D eigenvalue weighted by molar-refractivity contribution is 8.00. The van der Waals surface area contributed by atoms with Crippen LogP contribution in [0.5, 0.6) is 23.1 Å². The average molecular weight is 483 g/mol. The molecule has 1 atom stereocenters. The van der Waals surface area contributed by atoms with Gasteiger partial charge < -0.3 is 24.9 Å². The summed E-state index contributed by atoms with van der Waals surface area (Å²) >= 11 is 1.25. The molecule has 4 aromatic rings. The first-order valence-corrected chi connectivity index (χ1v) is 11.1. The smallest absolute Gasteiger partial charge is 0.240 e. The summed E-state index contributed by atoms with van der Waals surface area (Å²) in [7, 11) is 3.09. The molecule has 13 heteroatoms. The zero-order valence-electron chi connectivity index (χ0n) is 18.6. The van der Waals surface area contributed by atoms with Crippen LogP contribution in [0.2, 0.25) is 0 Å². The van der Waals surface area contributed by atoms with Crippen molar-refractivity contribution in [3.63, 3.8) is 0 Å². The topological polar surface area (TPSA) is 163 Å². The normalized spacial score (nSPS) is 11.7. The third-order valence-corrected chi connectivity index (χ3v) is 5.98. The van der Waals surface area contributed by atoms with Crippen molar-refractivity contribution in [3.05, 3.63) is 36.8 Å². The number of fused-ring (bicyclic) bond motifs is 1. The van der Waals surface area contributed by atoms with Gasteiger partial charge in [0.2, 0.25) is 23.7 Å². The summed E-state index contributed by atoms with van der Waals surface area (Å²) in [5.41, 5.74) is 6.83. The first kappa shape index (κ1) is 23.0. The second-order valence-corrected chi connectivity index (χ2v) is 8.02. The first-order chi connectivity index (χ1) is 16.5. The molecular weight excluding hydrogens is 460 g/mol. The van der Waals surface area contributed by atoms with E-state index in [0.29, 0.717) is 39.9 Å². The molecule has 0 aliphatic rings. The van der Waals surface area contributed by atoms with Crippen LogP contribution in [0.25, 0.3) is 11.2 Å². The Kier molecular flexibility index (Phi) is 6.92. The van der Waals surface area contributed by atoms with E-state index in [2.05, 4.69) is 35.2 Å². The maximum atomic E-state index is 12.9. The van der Waals surface area contributed by atoms with Crippen LogP contribution >= 0.6 is 11.8 Å². The third kappa shape index (κ3) is 5.09. The number of hydrogen-bond acceptors (Lipinski definition) is 11. The lowest BCUT2D eigenvalue weighted by Crippen LogP contribution is -2.25. The molecular formula is C21H22N8O4S. The maximum absolute atomic E-state index is 12.9. The second-order valence-electron chi connectivity index (χ2n) is 6.83. The number of nitrogen functional groups attached to an aromatic ring is 1. The monoisotopic (exact) mass is 482 g/mol. The van der Waals surface area contributed by atoms with E-state index in [1.807, 2.05) is 6.92 Å². The first-order valence-electron chi connectivity index (χ1n) is 10.2. The minimum atomic E-state index is -0.486. The molecule has 0 fully saturated rings. The molecule has 0 aliphatic heterocycles. The number of H-pyrrole nitrogens is 1. The molecule has 3 aromatic heterocycles. The van der Waals surface area contributed by atoms with Gasteiger partial charge in [-0.2, -0.15) is 9.97 Å². The van der Waals surface area contributed by atoms with Gasteiger partial charge in [0.15, 0.2) is 17.1 Å². The highest BCUT2D eigenvalue weighted by Gasteiger charge is 2.22. The molecule has 0 aliphatic carbocycles. The number of nitrogens with two attached hydrogens (primary N) is 1. The molecule has 34 heavy (non-hydrogen) atoms. The summed E-state index contributed by atoms with van der Waals surface area (Å²) in [6, 6.07) is 6.69. The summed E-state index contributed by atoms with van der Waals surface area (Å²) in [6.45, 7) is 1.89. The van der Waals surface area contributed by atoms with Gasteiger partial charge in [0.05, 0.1) is 25.8 Å². The number of methoxy groups -OCH3 is 2. The van der Waals surface area contributed by atoms with E-state index < -0.39 is 5.25 Å². The summed E-state index contributed by atoms with van der Waals surface area (Å²) in [5, 5.41) is 2.78. The number of imidazole rings is 1. The largest absolute Gasteiger partial charge is 0.493 e. The fourth-order valence-electron chi connectivity index (χ4n) is 3.02. The van der Waals surface area contributed by atoms with Crippen LogP contribution in [-0.2, 0) is 4.79 Å². The van der Waals surface area contributed by atoms with Crippen LogP contribution in [0.4, 0.5) is 11.9 Å². The lowest BCUT2D eigenvalue weighted by molar-refractivity contribution is -0.115. The number of rotatable bonds is 9. The third-order valence-electron chi connectivity index (χ3n) is 4.63. The van der Waals surface area contributed by atoms with E-state index in [9.17, 15) is 4.79 Å². The van der Waals surface area contributed by atoms with Crippen LogP contribution in [-0.4, -0.2) is 55.3 Å². The van der Waals surface area contributed by atoms with Gasteiger partial charge in [0.25, 0.3) is 0 Å². The quantitative estimate of drug-likeness (QED) is 0.237. The fraction of sp³-hybridized carbons (Fsp3) is 0.238. The number of nitrogens with one attached hydrogen (secondary N) is 2. The Bertz CT molecular complexity index is 1320. The zero-order chi connectivity index (χ0) is 24.1. The number of aromatic amines is 1. The number of hydrogen-bond donors (Lipinski definition) is 3. The Hall–Kier alpha value is -4.13. The molecule has 0 saturated carbocycles. The standard InChI is InChI=1S/C21H22N8O4S/c1-4-14(34-19-16-17(25-10-24-16)27-20(22)29-19)18(30)28-21-23-8-7-15(26-21)33-11-5-6-12(31-2)13(9-11)32-3/h5-10,14H,4H2,1-3H3,(H,23,26,28,30)(H3,22,24,25,27,29)/t14-/m1/s1. The molecule has 3 heterocycles. The molecule has 176 valence electrons. The second kappa shape index (κ2) is 10.2. The van der Waals surface area contributed by atoms with E-state index in [-0.39, 0.29) is 23.7 Å². The number of amides is 1. The minimum absolute atomic E-state index is 0.0840. The number of nitrogens with zero attached hydrogens (tertiary/aromatic N) is 5. The number of benzene rings is 1. The molecule has 0 radical (unpaired) electrons. The number of carbonyl (C=O) groups excluding carboxylic acids is 1. The molecule has 4 rings (SSSR count). The SMILES string of the molecule is CC[C@@H](Sc1nc(N)nc2nc[nH]c12)C(=O)Nc1nccc(Oc2ccc(OC)c(OC)c2)n1. The van der Waals surface area contributed by atoms with E-state index in [4.69, 9.17) is 19.9 Å². The number of thioether (sulfide) groups is 1. The van der Waals surface area contributed by atoms with Crippen molar-refractivity contribution in [2.24, 2.45) is 0 Å². The van der Waals surface area contributed by atoms with Gasteiger partial charge in [-0.05, 0) is 18.6 Å². The van der Waals surface area contributed by atoms with Gasteiger partial charge in [-0.15, -0.1) is 0 Å². The molecule has 1 aromatic carbocycles. The van der Waals surface area contributed by atoms with Crippen molar-refractivity contribution in [3.8, 4) is 23.1 Å². The lowest BCUT2D eigenvalue weighted by Gasteiger charge is -2.14. The van der Waals surface area contributed by atoms with Crippen molar-refractivity contribution in [1.82, 2.24) is 29.9 Å². The molecule has 0 unspecified atom stereocenters. The van der Waals surface area contributed by atoms with Crippen molar-refractivity contribution in [1.29, 1.82) is 0 Å². The van der Waals surface area contributed by atoms with E-state index in [1.54, 1.807) is 31.4 Å². The van der Waals surface area contributed by atoms with Gasteiger partial charge in [0.1, 0.15) is 16.3 Å². The van der Waals surface area contributed by atoms with Crippen LogP contribution in [0.3, 0.4) is 0 Å². The Morgan fingerprint density at radius 1 is 1.15 bits per heavy atom. The van der Waals surface area contributed by atoms with Crippen LogP contribution in [0, 0.1) is 0 Å². The number of aromatic nitrogens is 6. The highest BCUT2D eigenvalue weighted by atomic mass is 32.2. The Morgan fingerprint density at radius 3 is 2.74 bits per heavy atom. The summed E-state index contributed by atoms with van der Waals surface area (Å²) in [4.78, 5) is 36.7. The number of carbonyl (C=O) groups is 1. The molecule has 12 nitrogen and oxygen atoms in total. The lowest BCUT2D eigenvalue weighted by atomic mass is 10.3. The minimum Gasteiger partial charge on any atom is -0.493 e. The van der Waals surface area contributed by atoms with E-state index in [0.717, 1.165) is 0 Å². The number of ether oxygens (including phenoxy) is 3. The Morgan fingerprint density at radius 2 is 1.97 bits per heavy atom. The molecule has 0 saturated heterocycles. The van der Waals surface area contributed by atoms with Crippen molar-refractivity contribution in [2.45, 2.75) is 23.6 Å². The van der Waals surface area contributed by atoms with Gasteiger partial charge >= 0.3 is 0 Å². The Balaban J connectivity index is 1.47. The van der Waals surface area contributed by atoms with E-state index in [1.165, 1.54) is 31.4 Å². The van der Waals surface area contributed by atoms with Crippen LogP contribution < -0.4 is 25.3 Å². The van der Waals surface area contributed by atoms with Crippen LogP contribution in [0.1, 0.15) is 13.3 Å². The summed E-state index contributed by atoms with van der Waals surface area (Å²) in [5.74, 6) is 1.73. The van der Waals surface area contributed by atoms with Gasteiger partial charge in [-0.1, -0.05) is 18.7 Å².